The van der Waals surface area contributed by atoms with E-state index in [1.54, 1.807) is 0 Å². The van der Waals surface area contributed by atoms with E-state index >= 15 is 0 Å². The van der Waals surface area contributed by atoms with Gasteiger partial charge in [0.2, 0.25) is 0 Å². The first kappa shape index (κ1) is 58.0. The third kappa shape index (κ3) is 42.1. The number of hydrogen-bond acceptors (Lipinski definition) is 6. The van der Waals surface area contributed by atoms with Crippen LogP contribution in [0.25, 0.3) is 0 Å². The summed E-state index contributed by atoms with van der Waals surface area (Å²) in [6.45, 7) is 4.64. The quantitative estimate of drug-likeness (QED) is 0.0282. The van der Waals surface area contributed by atoms with E-state index in [1.807, 2.05) is 57.6 Å². The molecule has 2 atom stereocenters. The smallest absolute Gasteiger partial charge is 0.362 e. The molecular weight excluding hydrogens is 763 g/mol. The van der Waals surface area contributed by atoms with Crippen LogP contribution in [-0.4, -0.2) is 80.6 Å². The number of nitrogens with zero attached hydrogens (tertiary/aromatic N) is 1. The standard InChI is InChI=1S/C53H93NO7/c1-6-8-10-12-14-16-18-20-22-24-26-28-30-32-34-36-38-40-42-44-52(56)61-49(47-59-46-45-50(53(57)58)54(3,4)5)48-60-51(55)43-41-39-37-35-33-31-29-27-25-23-21-19-17-15-13-11-9-7-2/h11,13,15,17,19,21,23,25,27,29,49-50H,6-10,12,14,16,18,20,22,24,26,28,30-48H2,1-5H3/p+1/b13-11+,17-15+,21-19+,25-23+,29-27+. The molecule has 0 saturated carbocycles. The molecule has 0 aromatic heterocycles. The summed E-state index contributed by atoms with van der Waals surface area (Å²) in [6.07, 6.45) is 54.0. The van der Waals surface area contributed by atoms with Crippen molar-refractivity contribution in [1.29, 1.82) is 0 Å². The van der Waals surface area contributed by atoms with E-state index in [9.17, 15) is 19.5 Å². The minimum absolute atomic E-state index is 0.0526. The molecule has 0 bridgehead atoms. The SMILES string of the molecule is CCC/C=C/C=C/C=C/C=C/C=C/CCCCCCCC(=O)OCC(COCCC(C(=O)O)[N+](C)(C)C)OC(=O)CCCCCCCCCCCCCCCCCCCCC. The van der Waals surface area contributed by atoms with Crippen molar-refractivity contribution in [3.8, 4) is 0 Å². The van der Waals surface area contributed by atoms with Crippen LogP contribution < -0.4 is 0 Å². The minimum Gasteiger partial charge on any atom is -0.477 e. The molecule has 0 amide bonds. The summed E-state index contributed by atoms with van der Waals surface area (Å²) >= 11 is 0. The number of aliphatic carboxylic acids is 1. The lowest BCUT2D eigenvalue weighted by Crippen LogP contribution is -2.50. The van der Waals surface area contributed by atoms with Crippen molar-refractivity contribution < 1.29 is 38.2 Å². The molecule has 61 heavy (non-hydrogen) atoms. The molecule has 0 heterocycles. The molecule has 0 aromatic carbocycles. The number of allylic oxidation sites excluding steroid dienone is 10. The normalized spacial score (nSPS) is 13.4. The number of carboxylic acid groups (broad SMARTS) is 1. The third-order valence-corrected chi connectivity index (χ3v) is 11.0. The maximum absolute atomic E-state index is 12.8. The van der Waals surface area contributed by atoms with Crippen LogP contribution in [0.4, 0.5) is 0 Å². The number of rotatable bonds is 44. The summed E-state index contributed by atoms with van der Waals surface area (Å²) in [5.74, 6) is -1.49. The molecule has 0 rings (SSSR count). The Hall–Kier alpha value is -2.97. The van der Waals surface area contributed by atoms with Crippen LogP contribution >= 0.6 is 0 Å². The molecule has 0 saturated heterocycles. The molecule has 0 aliphatic carbocycles. The van der Waals surface area contributed by atoms with E-state index in [-0.39, 0.29) is 36.2 Å². The van der Waals surface area contributed by atoms with Gasteiger partial charge in [0, 0.05) is 19.3 Å². The summed E-state index contributed by atoms with van der Waals surface area (Å²) in [7, 11) is 5.52. The average Bonchev–Trinajstić information content (AvgIpc) is 3.22. The van der Waals surface area contributed by atoms with Gasteiger partial charge in [0.05, 0.1) is 34.4 Å². The lowest BCUT2D eigenvalue weighted by atomic mass is 10.0. The van der Waals surface area contributed by atoms with Gasteiger partial charge >= 0.3 is 17.9 Å². The highest BCUT2D eigenvalue weighted by atomic mass is 16.6. The highest BCUT2D eigenvalue weighted by Gasteiger charge is 2.31. The molecule has 0 fully saturated rings. The summed E-state index contributed by atoms with van der Waals surface area (Å²) in [4.78, 5) is 37.1. The van der Waals surface area contributed by atoms with Gasteiger partial charge in [-0.25, -0.2) is 4.79 Å². The average molecular weight is 857 g/mol. The number of unbranched alkanes of at least 4 members (excludes halogenated alkanes) is 24. The van der Waals surface area contributed by atoms with Crippen LogP contribution in [0.3, 0.4) is 0 Å². The molecule has 1 N–H and O–H groups in total. The van der Waals surface area contributed by atoms with E-state index in [2.05, 4.69) is 38.2 Å². The molecule has 0 aliphatic rings. The molecule has 0 aromatic rings. The highest BCUT2D eigenvalue weighted by Crippen LogP contribution is 2.16. The van der Waals surface area contributed by atoms with E-state index in [1.165, 1.54) is 109 Å². The molecule has 352 valence electrons. The van der Waals surface area contributed by atoms with Crippen molar-refractivity contribution in [2.24, 2.45) is 0 Å². The Morgan fingerprint density at radius 1 is 0.492 bits per heavy atom. The van der Waals surface area contributed by atoms with Crippen LogP contribution in [0.2, 0.25) is 0 Å². The molecule has 2 unspecified atom stereocenters. The van der Waals surface area contributed by atoms with Crippen molar-refractivity contribution in [1.82, 2.24) is 0 Å². The van der Waals surface area contributed by atoms with E-state index in [4.69, 9.17) is 14.2 Å². The van der Waals surface area contributed by atoms with Gasteiger partial charge < -0.3 is 23.8 Å². The molecule has 8 heteroatoms. The summed E-state index contributed by atoms with van der Waals surface area (Å²) in [5, 5.41) is 9.65. The number of quaternary nitrogens is 1. The van der Waals surface area contributed by atoms with E-state index < -0.39 is 18.1 Å². The topological polar surface area (TPSA) is 99.1 Å². The highest BCUT2D eigenvalue weighted by molar-refractivity contribution is 5.72. The molecule has 0 aliphatic heterocycles. The number of likely N-dealkylation sites (N-methyl/N-ethyl adjacent to an activating group) is 1. The van der Waals surface area contributed by atoms with Gasteiger partial charge in [-0.15, -0.1) is 0 Å². The zero-order valence-corrected chi connectivity index (χ0v) is 40.1. The summed E-state index contributed by atoms with van der Waals surface area (Å²) in [6, 6.07) is -0.620. The van der Waals surface area contributed by atoms with Gasteiger partial charge in [0.25, 0.3) is 0 Å². The molecule has 0 spiro atoms. The van der Waals surface area contributed by atoms with Gasteiger partial charge in [0.1, 0.15) is 6.61 Å². The van der Waals surface area contributed by atoms with Crippen LogP contribution in [0.15, 0.2) is 60.8 Å². The maximum atomic E-state index is 12.8. The Morgan fingerprint density at radius 2 is 0.902 bits per heavy atom. The Bertz CT molecular complexity index is 1180. The Kier molecular flexibility index (Phi) is 41.5. The van der Waals surface area contributed by atoms with Crippen LogP contribution in [0, 0.1) is 0 Å². The fourth-order valence-electron chi connectivity index (χ4n) is 7.18. The third-order valence-electron chi connectivity index (χ3n) is 11.0. The van der Waals surface area contributed by atoms with Gasteiger partial charge in [-0.05, 0) is 32.1 Å². The second kappa shape index (κ2) is 43.7. The maximum Gasteiger partial charge on any atom is 0.362 e. The summed E-state index contributed by atoms with van der Waals surface area (Å²) in [5.41, 5.74) is 0. The Morgan fingerprint density at radius 3 is 1.34 bits per heavy atom. The van der Waals surface area contributed by atoms with Gasteiger partial charge in [-0.3, -0.25) is 9.59 Å². The lowest BCUT2D eigenvalue weighted by Gasteiger charge is -2.31. The largest absolute Gasteiger partial charge is 0.477 e. The number of esters is 2. The Labute approximate surface area is 375 Å². The van der Waals surface area contributed by atoms with Gasteiger partial charge in [0.15, 0.2) is 12.1 Å². The number of ether oxygens (including phenoxy) is 3. The number of carboxylic acids is 1. The monoisotopic (exact) mass is 857 g/mol. The van der Waals surface area contributed by atoms with Crippen molar-refractivity contribution in [2.45, 2.75) is 219 Å². The predicted octanol–water partition coefficient (Wildman–Crippen LogP) is 14.1. The molecule has 0 radical (unpaired) electrons. The van der Waals surface area contributed by atoms with Gasteiger partial charge in [-0.1, -0.05) is 216 Å². The van der Waals surface area contributed by atoms with Crippen LogP contribution in [0.1, 0.15) is 206 Å². The first-order valence-electron chi connectivity index (χ1n) is 24.9. The summed E-state index contributed by atoms with van der Waals surface area (Å²) < 4.78 is 17.3. The zero-order valence-electron chi connectivity index (χ0n) is 40.1. The van der Waals surface area contributed by atoms with Crippen molar-refractivity contribution in [3.05, 3.63) is 60.8 Å². The van der Waals surface area contributed by atoms with Crippen molar-refractivity contribution in [3.63, 3.8) is 0 Å². The molecular formula is C53H94NO7+. The fraction of sp³-hybridized carbons (Fsp3) is 0.755. The fourth-order valence-corrected chi connectivity index (χ4v) is 7.18. The minimum atomic E-state index is -0.879. The second-order valence-corrected chi connectivity index (χ2v) is 17.8. The van der Waals surface area contributed by atoms with E-state index in [0.717, 1.165) is 64.2 Å². The first-order chi connectivity index (χ1) is 29.6. The van der Waals surface area contributed by atoms with Crippen LogP contribution in [-0.2, 0) is 28.6 Å². The number of hydrogen-bond donors (Lipinski definition) is 1. The van der Waals surface area contributed by atoms with Crippen LogP contribution in [0.5, 0.6) is 0 Å². The van der Waals surface area contributed by atoms with Gasteiger partial charge in [-0.2, -0.15) is 0 Å². The Balaban J connectivity index is 4.31. The van der Waals surface area contributed by atoms with E-state index in [0.29, 0.717) is 19.3 Å². The first-order valence-corrected chi connectivity index (χ1v) is 24.9. The van der Waals surface area contributed by atoms with Crippen molar-refractivity contribution in [2.75, 3.05) is 41.0 Å². The second-order valence-electron chi connectivity index (χ2n) is 17.8. The molecule has 8 nitrogen and oxygen atoms in total. The van der Waals surface area contributed by atoms with Crippen molar-refractivity contribution >= 4 is 17.9 Å². The predicted molar refractivity (Wildman–Crippen MR) is 257 cm³/mol. The number of carbonyl (C=O) groups excluding carboxylic acids is 2. The lowest BCUT2D eigenvalue weighted by molar-refractivity contribution is -0.887. The zero-order chi connectivity index (χ0) is 44.9. The number of carbonyl (C=O) groups is 3.